The van der Waals surface area contributed by atoms with Gasteiger partial charge in [0.1, 0.15) is 11.2 Å². The standard InChI is InChI=1S/C51H37NO/c1-51(2)47-32-39(34-11-5-3-6-12-34)23-28-43(47)44-29-27-42(33-48(44)51)52(40-13-7-4-8-14-40)41-25-21-36(22-26-41)35-17-19-37(20-18-35)38-24-30-50-46(31-38)45-15-9-10-16-49(45)53-50/h3-33H,1-2H3/i9D. The van der Waals surface area contributed by atoms with Crippen LogP contribution in [0.15, 0.2) is 192 Å². The number of para-hydroxylation sites is 2. The van der Waals surface area contributed by atoms with Crippen LogP contribution in [0.5, 0.6) is 0 Å². The van der Waals surface area contributed by atoms with Gasteiger partial charge in [0.25, 0.3) is 0 Å². The van der Waals surface area contributed by atoms with E-state index in [2.05, 4.69) is 176 Å². The normalized spacial score (nSPS) is 13.1. The Labute approximate surface area is 311 Å². The van der Waals surface area contributed by atoms with Crippen LogP contribution in [0.2, 0.25) is 0 Å². The maximum absolute atomic E-state index is 8.09. The lowest BCUT2D eigenvalue weighted by Gasteiger charge is -2.28. The van der Waals surface area contributed by atoms with E-state index in [-0.39, 0.29) is 5.41 Å². The molecule has 0 saturated carbocycles. The molecule has 10 rings (SSSR count). The monoisotopic (exact) mass is 680 g/mol. The second kappa shape index (κ2) is 12.3. The van der Waals surface area contributed by atoms with Gasteiger partial charge in [-0.2, -0.15) is 0 Å². The van der Waals surface area contributed by atoms with Gasteiger partial charge in [-0.05, 0) is 116 Å². The molecule has 0 fully saturated rings. The largest absolute Gasteiger partial charge is 0.456 e. The van der Waals surface area contributed by atoms with Crippen LogP contribution in [0.25, 0.3) is 66.4 Å². The van der Waals surface area contributed by atoms with Gasteiger partial charge in [-0.25, -0.2) is 0 Å². The average Bonchev–Trinajstić information content (AvgIpc) is 3.69. The SMILES string of the molecule is [2H]c1ccc2oc3ccc(-c4ccc(-c5ccc(N(c6ccccc6)c6ccc7c(c6)C(C)(C)c6cc(-c8ccccc8)ccc6-7)cc5)cc4)cc3c2c1. The quantitative estimate of drug-likeness (QED) is 0.174. The Kier molecular flexibility index (Phi) is 6.94. The highest BCUT2D eigenvalue weighted by Gasteiger charge is 2.36. The fourth-order valence-electron chi connectivity index (χ4n) is 8.20. The smallest absolute Gasteiger partial charge is 0.135 e. The molecular formula is C51H37NO. The van der Waals surface area contributed by atoms with Gasteiger partial charge in [0.15, 0.2) is 0 Å². The molecule has 9 aromatic rings. The molecule has 0 radical (unpaired) electrons. The molecule has 0 aliphatic heterocycles. The van der Waals surface area contributed by atoms with Crippen LogP contribution in [0.3, 0.4) is 0 Å². The molecule has 0 N–H and O–H groups in total. The molecule has 0 atom stereocenters. The van der Waals surface area contributed by atoms with Gasteiger partial charge in [-0.15, -0.1) is 0 Å². The Hall–Kier alpha value is -6.64. The van der Waals surface area contributed by atoms with E-state index < -0.39 is 0 Å². The molecule has 1 aliphatic carbocycles. The lowest BCUT2D eigenvalue weighted by atomic mass is 9.81. The van der Waals surface area contributed by atoms with E-state index in [0.717, 1.165) is 61.3 Å². The average molecular weight is 681 g/mol. The van der Waals surface area contributed by atoms with Gasteiger partial charge in [-0.3, -0.25) is 0 Å². The first kappa shape index (κ1) is 30.0. The summed E-state index contributed by atoms with van der Waals surface area (Å²) in [5.74, 6) is 0. The number of nitrogens with zero attached hydrogens (tertiary/aromatic N) is 1. The zero-order chi connectivity index (χ0) is 36.4. The van der Waals surface area contributed by atoms with Crippen molar-refractivity contribution in [1.29, 1.82) is 0 Å². The summed E-state index contributed by atoms with van der Waals surface area (Å²) in [5.41, 5.74) is 17.3. The van der Waals surface area contributed by atoms with E-state index in [9.17, 15) is 0 Å². The van der Waals surface area contributed by atoms with Crippen LogP contribution in [-0.4, -0.2) is 0 Å². The number of furan rings is 1. The molecule has 8 aromatic carbocycles. The molecule has 252 valence electrons. The van der Waals surface area contributed by atoms with Crippen molar-refractivity contribution >= 4 is 39.0 Å². The van der Waals surface area contributed by atoms with Crippen molar-refractivity contribution in [3.63, 3.8) is 0 Å². The number of anilines is 3. The predicted octanol–water partition coefficient (Wildman–Crippen LogP) is 14.4. The van der Waals surface area contributed by atoms with Gasteiger partial charge in [0.05, 0.1) is 1.37 Å². The Balaban J connectivity index is 0.966. The van der Waals surface area contributed by atoms with E-state index in [1.165, 1.54) is 33.4 Å². The van der Waals surface area contributed by atoms with Gasteiger partial charge in [-0.1, -0.05) is 141 Å². The van der Waals surface area contributed by atoms with Gasteiger partial charge >= 0.3 is 0 Å². The first-order valence-corrected chi connectivity index (χ1v) is 18.2. The summed E-state index contributed by atoms with van der Waals surface area (Å²) in [5, 5.41) is 2.01. The maximum Gasteiger partial charge on any atom is 0.135 e. The molecule has 0 spiro atoms. The van der Waals surface area contributed by atoms with Gasteiger partial charge in [0.2, 0.25) is 0 Å². The third kappa shape index (κ3) is 5.26. The first-order valence-electron chi connectivity index (χ1n) is 18.7. The summed E-state index contributed by atoms with van der Waals surface area (Å²) in [6.45, 7) is 4.71. The molecule has 1 aromatic heterocycles. The van der Waals surface area contributed by atoms with Crippen molar-refractivity contribution < 1.29 is 5.79 Å². The minimum Gasteiger partial charge on any atom is -0.456 e. The van der Waals surface area contributed by atoms with Crippen molar-refractivity contribution in [3.05, 3.63) is 199 Å². The topological polar surface area (TPSA) is 16.4 Å². The fraction of sp³-hybridized carbons (Fsp3) is 0.0588. The molecule has 0 amide bonds. The Bertz CT molecular complexity index is 2830. The summed E-state index contributed by atoms with van der Waals surface area (Å²) in [4.78, 5) is 2.36. The molecule has 2 nitrogen and oxygen atoms in total. The van der Waals surface area contributed by atoms with E-state index >= 15 is 0 Å². The van der Waals surface area contributed by atoms with Crippen LogP contribution in [0.4, 0.5) is 17.1 Å². The molecule has 0 bridgehead atoms. The second-order valence-electron chi connectivity index (χ2n) is 14.5. The number of benzene rings is 8. The minimum absolute atomic E-state index is 0.145. The number of hydrogen-bond acceptors (Lipinski definition) is 2. The third-order valence-corrected chi connectivity index (χ3v) is 11.0. The Morgan fingerprint density at radius 1 is 0.415 bits per heavy atom. The third-order valence-electron chi connectivity index (χ3n) is 11.0. The second-order valence-corrected chi connectivity index (χ2v) is 14.5. The highest BCUT2D eigenvalue weighted by Crippen LogP contribution is 2.51. The van der Waals surface area contributed by atoms with Crippen molar-refractivity contribution in [2.45, 2.75) is 19.3 Å². The van der Waals surface area contributed by atoms with Gasteiger partial charge < -0.3 is 9.32 Å². The van der Waals surface area contributed by atoms with E-state index in [0.29, 0.717) is 6.04 Å². The predicted molar refractivity (Wildman–Crippen MR) is 222 cm³/mol. The summed E-state index contributed by atoms with van der Waals surface area (Å²) >= 11 is 0. The van der Waals surface area contributed by atoms with Crippen molar-refractivity contribution in [3.8, 4) is 44.5 Å². The number of fused-ring (bicyclic) bond motifs is 6. The summed E-state index contributed by atoms with van der Waals surface area (Å²) < 4.78 is 14.1. The van der Waals surface area contributed by atoms with Crippen LogP contribution in [0.1, 0.15) is 26.3 Å². The minimum atomic E-state index is -0.145. The van der Waals surface area contributed by atoms with Crippen molar-refractivity contribution in [1.82, 2.24) is 0 Å². The molecular weight excluding hydrogens is 643 g/mol. The van der Waals surface area contributed by atoms with Crippen LogP contribution in [-0.2, 0) is 5.41 Å². The molecule has 1 aliphatic rings. The molecule has 2 heteroatoms. The molecule has 1 heterocycles. The van der Waals surface area contributed by atoms with Crippen LogP contribution in [0, 0.1) is 0 Å². The van der Waals surface area contributed by atoms with Crippen LogP contribution < -0.4 is 4.90 Å². The summed E-state index contributed by atoms with van der Waals surface area (Å²) in [7, 11) is 0. The first-order chi connectivity index (χ1) is 26.4. The van der Waals surface area contributed by atoms with Crippen molar-refractivity contribution in [2.75, 3.05) is 4.90 Å². The summed E-state index contributed by atoms with van der Waals surface area (Å²) in [6.07, 6.45) is 0. The van der Waals surface area contributed by atoms with Crippen molar-refractivity contribution in [2.24, 2.45) is 0 Å². The lowest BCUT2D eigenvalue weighted by molar-refractivity contribution is 0.660. The maximum atomic E-state index is 8.09. The lowest BCUT2D eigenvalue weighted by Crippen LogP contribution is -2.16. The van der Waals surface area contributed by atoms with Gasteiger partial charge in [0, 0.05) is 33.2 Å². The molecule has 0 unspecified atom stereocenters. The zero-order valence-corrected chi connectivity index (χ0v) is 29.7. The highest BCUT2D eigenvalue weighted by atomic mass is 16.3. The van der Waals surface area contributed by atoms with Crippen LogP contribution >= 0.6 is 0 Å². The Morgan fingerprint density at radius 2 is 0.925 bits per heavy atom. The fourth-order valence-corrected chi connectivity index (χ4v) is 8.20. The highest BCUT2D eigenvalue weighted by molar-refractivity contribution is 6.06. The summed E-state index contributed by atoms with van der Waals surface area (Å²) in [6, 6.07) is 65.2. The number of rotatable bonds is 6. The van der Waals surface area contributed by atoms with E-state index in [1.54, 1.807) is 6.07 Å². The Morgan fingerprint density at radius 3 is 1.66 bits per heavy atom. The zero-order valence-electron chi connectivity index (χ0n) is 30.7. The molecule has 53 heavy (non-hydrogen) atoms. The molecule has 0 saturated heterocycles. The van der Waals surface area contributed by atoms with E-state index in [1.807, 2.05) is 18.2 Å². The van der Waals surface area contributed by atoms with E-state index in [4.69, 9.17) is 5.79 Å². The number of hydrogen-bond donors (Lipinski definition) is 0.